The van der Waals surface area contributed by atoms with E-state index in [1.165, 1.54) is 0 Å². The van der Waals surface area contributed by atoms with Gasteiger partial charge in [-0.25, -0.2) is 0 Å². The molecule has 3 aromatic rings. The number of rotatable bonds is 6. The average Bonchev–Trinajstić information content (AvgIpc) is 2.78. The fraction of sp³-hybridized carbons (Fsp3) is 0.200. The molecule has 1 atom stereocenters. The number of benzene rings is 3. The maximum absolute atomic E-state index is 12.2. The highest BCUT2D eigenvalue weighted by atomic mass is 16.3. The van der Waals surface area contributed by atoms with Crippen molar-refractivity contribution in [2.24, 2.45) is 0 Å². The van der Waals surface area contributed by atoms with Gasteiger partial charge in [-0.3, -0.25) is 9.59 Å². The second kappa shape index (κ2) is 9.37. The predicted octanol–water partition coefficient (Wildman–Crippen LogP) is 3.88. The summed E-state index contributed by atoms with van der Waals surface area (Å²) in [6, 6.07) is 24.7. The first kappa shape index (κ1) is 21.3. The van der Waals surface area contributed by atoms with Gasteiger partial charge in [0.1, 0.15) is 5.60 Å². The van der Waals surface area contributed by atoms with Gasteiger partial charge in [0, 0.05) is 5.69 Å². The average molecular weight is 402 g/mol. The first-order chi connectivity index (χ1) is 14.4. The zero-order valence-corrected chi connectivity index (χ0v) is 17.2. The zero-order chi connectivity index (χ0) is 21.6. The molecule has 0 bridgehead atoms. The number of hydrogen-bond donors (Lipinski definition) is 3. The van der Waals surface area contributed by atoms with Crippen LogP contribution in [0.2, 0.25) is 0 Å². The van der Waals surface area contributed by atoms with Crippen LogP contribution < -0.4 is 10.6 Å². The molecule has 0 aromatic heterocycles. The standard InChI is InChI=1S/C25H26N2O3/c1-3-18-9-15-22(16-10-18)27-24(29)23(28)26-17-25(2,30)21-13-11-20(12-14-21)19-7-5-4-6-8-19/h4-16,30H,3,17H2,1-2H3,(H,26,28)(H,27,29). The van der Waals surface area contributed by atoms with Crippen molar-refractivity contribution in [1.29, 1.82) is 0 Å². The maximum atomic E-state index is 12.2. The van der Waals surface area contributed by atoms with Gasteiger partial charge in [-0.1, -0.05) is 73.7 Å². The maximum Gasteiger partial charge on any atom is 0.313 e. The molecule has 0 aliphatic heterocycles. The van der Waals surface area contributed by atoms with E-state index in [2.05, 4.69) is 10.6 Å². The Hall–Kier alpha value is -3.44. The lowest BCUT2D eigenvalue weighted by Gasteiger charge is -2.24. The Morgan fingerprint density at radius 2 is 1.43 bits per heavy atom. The lowest BCUT2D eigenvalue weighted by Crippen LogP contribution is -2.43. The number of amides is 2. The van der Waals surface area contributed by atoms with E-state index in [1.807, 2.05) is 73.7 Å². The summed E-state index contributed by atoms with van der Waals surface area (Å²) in [6.45, 7) is 3.56. The normalized spacial score (nSPS) is 12.6. The van der Waals surface area contributed by atoms with Crippen LogP contribution in [0.5, 0.6) is 0 Å². The van der Waals surface area contributed by atoms with Crippen LogP contribution in [-0.4, -0.2) is 23.5 Å². The summed E-state index contributed by atoms with van der Waals surface area (Å²) < 4.78 is 0. The van der Waals surface area contributed by atoms with E-state index >= 15 is 0 Å². The minimum Gasteiger partial charge on any atom is -0.384 e. The minimum absolute atomic E-state index is 0.0846. The molecule has 30 heavy (non-hydrogen) atoms. The van der Waals surface area contributed by atoms with Gasteiger partial charge in [0.25, 0.3) is 0 Å². The molecule has 0 aliphatic carbocycles. The summed E-state index contributed by atoms with van der Waals surface area (Å²) in [5, 5.41) is 15.9. The van der Waals surface area contributed by atoms with Crippen LogP contribution in [0.4, 0.5) is 5.69 Å². The van der Waals surface area contributed by atoms with E-state index in [0.29, 0.717) is 11.3 Å². The highest BCUT2D eigenvalue weighted by Gasteiger charge is 2.25. The Morgan fingerprint density at radius 1 is 0.833 bits per heavy atom. The molecule has 0 heterocycles. The summed E-state index contributed by atoms with van der Waals surface area (Å²) in [4.78, 5) is 24.3. The molecule has 0 saturated heterocycles. The van der Waals surface area contributed by atoms with E-state index in [1.54, 1.807) is 19.1 Å². The third-order valence-corrected chi connectivity index (χ3v) is 5.03. The SMILES string of the molecule is CCc1ccc(NC(=O)C(=O)NCC(C)(O)c2ccc(-c3ccccc3)cc2)cc1. The van der Waals surface area contributed by atoms with Gasteiger partial charge >= 0.3 is 11.8 Å². The number of aliphatic hydroxyl groups is 1. The van der Waals surface area contributed by atoms with Crippen molar-refractivity contribution in [1.82, 2.24) is 5.32 Å². The molecule has 0 aliphatic rings. The second-order valence-corrected chi connectivity index (χ2v) is 7.40. The first-order valence-corrected chi connectivity index (χ1v) is 9.95. The Kier molecular flexibility index (Phi) is 6.65. The third-order valence-electron chi connectivity index (χ3n) is 5.03. The van der Waals surface area contributed by atoms with Crippen LogP contribution in [-0.2, 0) is 21.6 Å². The fourth-order valence-corrected chi connectivity index (χ4v) is 3.10. The number of aryl methyl sites for hydroxylation is 1. The summed E-state index contributed by atoms with van der Waals surface area (Å²) in [7, 11) is 0. The Morgan fingerprint density at radius 3 is 2.03 bits per heavy atom. The van der Waals surface area contributed by atoms with E-state index in [4.69, 9.17) is 0 Å². The molecule has 2 amide bonds. The number of hydrogen-bond acceptors (Lipinski definition) is 3. The van der Waals surface area contributed by atoms with Crippen LogP contribution in [0, 0.1) is 0 Å². The molecular weight excluding hydrogens is 376 g/mol. The van der Waals surface area contributed by atoms with Crippen LogP contribution in [0.1, 0.15) is 25.0 Å². The summed E-state index contributed by atoms with van der Waals surface area (Å²) >= 11 is 0. The Bertz CT molecular complexity index is 995. The van der Waals surface area contributed by atoms with Crippen molar-refractivity contribution >= 4 is 17.5 Å². The predicted molar refractivity (Wildman–Crippen MR) is 119 cm³/mol. The van der Waals surface area contributed by atoms with Crippen molar-refractivity contribution in [2.75, 3.05) is 11.9 Å². The van der Waals surface area contributed by atoms with Crippen molar-refractivity contribution in [3.05, 3.63) is 90.0 Å². The van der Waals surface area contributed by atoms with Gasteiger partial charge in [-0.15, -0.1) is 0 Å². The number of anilines is 1. The second-order valence-electron chi connectivity index (χ2n) is 7.40. The molecule has 5 nitrogen and oxygen atoms in total. The van der Waals surface area contributed by atoms with Crippen LogP contribution >= 0.6 is 0 Å². The first-order valence-electron chi connectivity index (χ1n) is 9.95. The van der Waals surface area contributed by atoms with Gasteiger partial charge in [0.15, 0.2) is 0 Å². The van der Waals surface area contributed by atoms with Gasteiger partial charge in [0.05, 0.1) is 6.54 Å². The summed E-state index contributed by atoms with van der Waals surface area (Å²) in [5.74, 6) is -1.56. The minimum atomic E-state index is -1.31. The van der Waals surface area contributed by atoms with Gasteiger partial charge in [-0.2, -0.15) is 0 Å². The molecule has 0 fully saturated rings. The molecule has 154 valence electrons. The molecular formula is C25H26N2O3. The summed E-state index contributed by atoms with van der Waals surface area (Å²) in [6.07, 6.45) is 0.899. The summed E-state index contributed by atoms with van der Waals surface area (Å²) in [5.41, 5.74) is 3.15. The highest BCUT2D eigenvalue weighted by molar-refractivity contribution is 6.39. The molecule has 3 rings (SSSR count). The molecule has 0 radical (unpaired) electrons. The number of nitrogens with one attached hydrogen (secondary N) is 2. The quantitative estimate of drug-likeness (QED) is 0.548. The smallest absolute Gasteiger partial charge is 0.313 e. The largest absolute Gasteiger partial charge is 0.384 e. The van der Waals surface area contributed by atoms with Crippen molar-refractivity contribution in [3.8, 4) is 11.1 Å². The van der Waals surface area contributed by atoms with Crippen molar-refractivity contribution in [2.45, 2.75) is 25.9 Å². The molecule has 3 N–H and O–H groups in total. The monoisotopic (exact) mass is 402 g/mol. The van der Waals surface area contributed by atoms with Gasteiger partial charge in [0.2, 0.25) is 0 Å². The van der Waals surface area contributed by atoms with Crippen LogP contribution in [0.3, 0.4) is 0 Å². The van der Waals surface area contributed by atoms with E-state index in [0.717, 1.165) is 23.1 Å². The van der Waals surface area contributed by atoms with E-state index in [-0.39, 0.29) is 6.54 Å². The molecule has 0 spiro atoms. The van der Waals surface area contributed by atoms with Crippen molar-refractivity contribution < 1.29 is 14.7 Å². The van der Waals surface area contributed by atoms with Gasteiger partial charge in [-0.05, 0) is 47.7 Å². The molecule has 5 heteroatoms. The van der Waals surface area contributed by atoms with Crippen LogP contribution in [0.25, 0.3) is 11.1 Å². The lowest BCUT2D eigenvalue weighted by atomic mass is 9.93. The van der Waals surface area contributed by atoms with E-state index in [9.17, 15) is 14.7 Å². The molecule has 3 aromatic carbocycles. The van der Waals surface area contributed by atoms with Crippen LogP contribution in [0.15, 0.2) is 78.9 Å². The molecule has 0 saturated carbocycles. The fourth-order valence-electron chi connectivity index (χ4n) is 3.10. The topological polar surface area (TPSA) is 78.4 Å². The molecule has 1 unspecified atom stereocenters. The number of carbonyl (C=O) groups is 2. The highest BCUT2D eigenvalue weighted by Crippen LogP contribution is 2.24. The van der Waals surface area contributed by atoms with Crippen molar-refractivity contribution in [3.63, 3.8) is 0 Å². The zero-order valence-electron chi connectivity index (χ0n) is 17.2. The van der Waals surface area contributed by atoms with Gasteiger partial charge < -0.3 is 15.7 Å². The number of carbonyl (C=O) groups excluding carboxylic acids is 2. The lowest BCUT2D eigenvalue weighted by molar-refractivity contribution is -0.136. The Labute approximate surface area is 176 Å². The Balaban J connectivity index is 1.58. The third kappa shape index (κ3) is 5.33. The van der Waals surface area contributed by atoms with E-state index < -0.39 is 17.4 Å².